The van der Waals surface area contributed by atoms with Crippen LogP contribution in [0.25, 0.3) is 22.7 Å². The molecule has 0 saturated carbocycles. The standard InChI is InChI=1S/C21H15ClN4O2S/c1-12-15(20-25-18-17(28-20)9-4-10-23-18)7-3-8-16(12)24-21(29)26-19(27)13-5-2-6-14(22)11-13/h2-11H,1H3,(H2,24,26,27,29). The lowest BCUT2D eigenvalue weighted by atomic mass is 10.1. The zero-order valence-electron chi connectivity index (χ0n) is 15.3. The van der Waals surface area contributed by atoms with Crippen LogP contribution in [0, 0.1) is 6.92 Å². The molecule has 0 spiro atoms. The first-order valence-corrected chi connectivity index (χ1v) is 9.49. The number of pyridine rings is 1. The van der Waals surface area contributed by atoms with Crippen LogP contribution >= 0.6 is 23.8 Å². The molecular weight excluding hydrogens is 408 g/mol. The minimum absolute atomic E-state index is 0.175. The van der Waals surface area contributed by atoms with Gasteiger partial charge in [0.25, 0.3) is 5.91 Å². The first-order chi connectivity index (χ1) is 14.0. The summed E-state index contributed by atoms with van der Waals surface area (Å²) in [7, 11) is 0. The van der Waals surface area contributed by atoms with Gasteiger partial charge < -0.3 is 9.73 Å². The molecule has 0 bridgehead atoms. The average Bonchev–Trinajstić information content (AvgIpc) is 3.13. The van der Waals surface area contributed by atoms with Crippen molar-refractivity contribution in [3.05, 3.63) is 76.9 Å². The summed E-state index contributed by atoms with van der Waals surface area (Å²) in [6.45, 7) is 1.92. The van der Waals surface area contributed by atoms with Gasteiger partial charge in [-0.15, -0.1) is 0 Å². The average molecular weight is 423 g/mol. The number of carbonyl (C=O) groups excluding carboxylic acids is 1. The van der Waals surface area contributed by atoms with E-state index in [-0.39, 0.29) is 11.0 Å². The highest BCUT2D eigenvalue weighted by Gasteiger charge is 2.15. The number of oxazole rings is 1. The van der Waals surface area contributed by atoms with Crippen molar-refractivity contribution in [2.45, 2.75) is 6.92 Å². The second kappa shape index (κ2) is 7.98. The molecule has 144 valence electrons. The van der Waals surface area contributed by atoms with Crippen LogP contribution in [0.4, 0.5) is 5.69 Å². The van der Waals surface area contributed by atoms with Gasteiger partial charge in [0.1, 0.15) is 0 Å². The number of aromatic nitrogens is 2. The quantitative estimate of drug-likeness (QED) is 0.453. The molecule has 0 fully saturated rings. The van der Waals surface area contributed by atoms with Crippen molar-refractivity contribution in [2.24, 2.45) is 0 Å². The summed E-state index contributed by atoms with van der Waals surface area (Å²) in [5, 5.41) is 6.36. The summed E-state index contributed by atoms with van der Waals surface area (Å²) in [5.41, 5.74) is 3.99. The number of hydrogen-bond donors (Lipinski definition) is 2. The highest BCUT2D eigenvalue weighted by molar-refractivity contribution is 7.80. The molecule has 0 aliphatic heterocycles. The lowest BCUT2D eigenvalue weighted by Gasteiger charge is -2.13. The maximum atomic E-state index is 12.3. The van der Waals surface area contributed by atoms with Crippen molar-refractivity contribution < 1.29 is 9.21 Å². The Morgan fingerprint density at radius 2 is 1.97 bits per heavy atom. The number of fused-ring (bicyclic) bond motifs is 1. The largest absolute Gasteiger partial charge is 0.434 e. The van der Waals surface area contributed by atoms with Crippen LogP contribution < -0.4 is 10.6 Å². The highest BCUT2D eigenvalue weighted by atomic mass is 35.5. The van der Waals surface area contributed by atoms with Gasteiger partial charge >= 0.3 is 0 Å². The molecule has 0 radical (unpaired) electrons. The Morgan fingerprint density at radius 1 is 1.14 bits per heavy atom. The Kier molecular flexibility index (Phi) is 5.24. The van der Waals surface area contributed by atoms with Crippen LogP contribution in [0.5, 0.6) is 0 Å². The van der Waals surface area contributed by atoms with Crippen LogP contribution in [0.3, 0.4) is 0 Å². The van der Waals surface area contributed by atoms with E-state index >= 15 is 0 Å². The lowest BCUT2D eigenvalue weighted by Crippen LogP contribution is -2.34. The number of nitrogens with one attached hydrogen (secondary N) is 2. The molecular formula is C21H15ClN4O2S. The number of amides is 1. The van der Waals surface area contributed by atoms with E-state index in [1.807, 2.05) is 31.2 Å². The number of thiocarbonyl (C=S) groups is 1. The summed E-state index contributed by atoms with van der Waals surface area (Å²) >= 11 is 11.2. The topological polar surface area (TPSA) is 80.0 Å². The fourth-order valence-electron chi connectivity index (χ4n) is 2.85. The molecule has 0 aliphatic rings. The Hall–Kier alpha value is -3.29. The van der Waals surface area contributed by atoms with Crippen molar-refractivity contribution in [1.82, 2.24) is 15.3 Å². The fraction of sp³-hybridized carbons (Fsp3) is 0.0476. The van der Waals surface area contributed by atoms with Crippen LogP contribution in [-0.4, -0.2) is 21.0 Å². The SMILES string of the molecule is Cc1c(NC(=S)NC(=O)c2cccc(Cl)c2)cccc1-c1nc2ncccc2o1. The molecule has 1 amide bonds. The van der Waals surface area contributed by atoms with Gasteiger partial charge in [-0.25, -0.2) is 4.98 Å². The van der Waals surface area contributed by atoms with E-state index in [0.29, 0.717) is 27.7 Å². The molecule has 2 heterocycles. The van der Waals surface area contributed by atoms with E-state index in [0.717, 1.165) is 16.8 Å². The van der Waals surface area contributed by atoms with Gasteiger partial charge in [0, 0.05) is 28.0 Å². The monoisotopic (exact) mass is 422 g/mol. The number of rotatable bonds is 3. The number of hydrogen-bond acceptors (Lipinski definition) is 5. The van der Waals surface area contributed by atoms with Gasteiger partial charge in [-0.2, -0.15) is 4.98 Å². The van der Waals surface area contributed by atoms with E-state index in [9.17, 15) is 4.79 Å². The molecule has 4 rings (SSSR count). The predicted octanol–water partition coefficient (Wildman–Crippen LogP) is 4.98. The Bertz CT molecular complexity index is 1210. The first kappa shape index (κ1) is 19.0. The van der Waals surface area contributed by atoms with Gasteiger partial charge in [0.15, 0.2) is 16.3 Å². The van der Waals surface area contributed by atoms with Gasteiger partial charge in [-0.1, -0.05) is 23.7 Å². The third-order valence-corrected chi connectivity index (χ3v) is 4.73. The molecule has 0 atom stereocenters. The van der Waals surface area contributed by atoms with Crippen molar-refractivity contribution in [3.63, 3.8) is 0 Å². The minimum atomic E-state index is -0.344. The van der Waals surface area contributed by atoms with Crippen molar-refractivity contribution >= 4 is 51.8 Å². The molecule has 6 nitrogen and oxygen atoms in total. The second-order valence-corrected chi connectivity index (χ2v) is 7.09. The second-order valence-electron chi connectivity index (χ2n) is 6.24. The minimum Gasteiger partial charge on any atom is -0.434 e. The molecule has 4 aromatic rings. The molecule has 0 aliphatic carbocycles. The maximum Gasteiger partial charge on any atom is 0.257 e. The maximum absolute atomic E-state index is 12.3. The van der Waals surface area contributed by atoms with Crippen LogP contribution in [-0.2, 0) is 0 Å². The third-order valence-electron chi connectivity index (χ3n) is 4.29. The van der Waals surface area contributed by atoms with Crippen molar-refractivity contribution in [1.29, 1.82) is 0 Å². The number of nitrogens with zero attached hydrogens (tertiary/aromatic N) is 2. The molecule has 8 heteroatoms. The van der Waals surface area contributed by atoms with Crippen LogP contribution in [0.2, 0.25) is 5.02 Å². The molecule has 29 heavy (non-hydrogen) atoms. The van der Waals surface area contributed by atoms with Crippen LogP contribution in [0.15, 0.2) is 65.2 Å². The highest BCUT2D eigenvalue weighted by Crippen LogP contribution is 2.29. The summed E-state index contributed by atoms with van der Waals surface area (Å²) in [5.74, 6) is 0.123. The molecule has 0 unspecified atom stereocenters. The van der Waals surface area contributed by atoms with Gasteiger partial charge in [-0.05, 0) is 67.2 Å². The van der Waals surface area contributed by atoms with Gasteiger partial charge in [0.2, 0.25) is 5.89 Å². The third kappa shape index (κ3) is 4.11. The summed E-state index contributed by atoms with van der Waals surface area (Å²) in [6, 6.07) is 15.9. The molecule has 2 aromatic heterocycles. The van der Waals surface area contributed by atoms with E-state index in [4.69, 9.17) is 28.2 Å². The first-order valence-electron chi connectivity index (χ1n) is 8.71. The number of anilines is 1. The zero-order chi connectivity index (χ0) is 20.4. The summed E-state index contributed by atoms with van der Waals surface area (Å²) in [4.78, 5) is 21.0. The summed E-state index contributed by atoms with van der Waals surface area (Å²) in [6.07, 6.45) is 1.67. The number of carbonyl (C=O) groups is 1. The van der Waals surface area contributed by atoms with Crippen molar-refractivity contribution in [2.75, 3.05) is 5.32 Å². The van der Waals surface area contributed by atoms with E-state index < -0.39 is 0 Å². The van der Waals surface area contributed by atoms with E-state index in [1.54, 1.807) is 36.5 Å². The normalized spacial score (nSPS) is 10.7. The van der Waals surface area contributed by atoms with Crippen LogP contribution in [0.1, 0.15) is 15.9 Å². The Morgan fingerprint density at radius 3 is 2.76 bits per heavy atom. The number of benzene rings is 2. The van der Waals surface area contributed by atoms with E-state index in [1.165, 1.54) is 0 Å². The fourth-order valence-corrected chi connectivity index (χ4v) is 3.24. The lowest BCUT2D eigenvalue weighted by molar-refractivity contribution is 0.0977. The Balaban J connectivity index is 1.54. The number of halogens is 1. The molecule has 2 aromatic carbocycles. The molecule has 0 saturated heterocycles. The van der Waals surface area contributed by atoms with Gasteiger partial charge in [0.05, 0.1) is 0 Å². The van der Waals surface area contributed by atoms with E-state index in [2.05, 4.69) is 20.6 Å². The van der Waals surface area contributed by atoms with Crippen molar-refractivity contribution in [3.8, 4) is 11.5 Å². The zero-order valence-corrected chi connectivity index (χ0v) is 16.8. The predicted molar refractivity (Wildman–Crippen MR) is 117 cm³/mol. The Labute approximate surface area is 176 Å². The summed E-state index contributed by atoms with van der Waals surface area (Å²) < 4.78 is 5.81. The van der Waals surface area contributed by atoms with Gasteiger partial charge in [-0.3, -0.25) is 10.1 Å². The molecule has 2 N–H and O–H groups in total. The smallest absolute Gasteiger partial charge is 0.257 e.